The van der Waals surface area contributed by atoms with Crippen LogP contribution in [-0.4, -0.2) is 37.3 Å². The van der Waals surface area contributed by atoms with E-state index < -0.39 is 0 Å². The second-order valence-electron chi connectivity index (χ2n) is 6.28. The maximum atomic E-state index is 13.6. The fraction of sp³-hybridized carbons (Fsp3) is 0.227. The molecule has 0 fully saturated rings. The van der Waals surface area contributed by atoms with Crippen molar-refractivity contribution in [3.05, 3.63) is 78.3 Å². The zero-order valence-corrected chi connectivity index (χ0v) is 15.8. The third kappa shape index (κ3) is 4.40. The zero-order chi connectivity index (χ0) is 19.9. The predicted octanol–water partition coefficient (Wildman–Crippen LogP) is 3.77. The first-order valence-electron chi connectivity index (χ1n) is 9.01. The standard InChI is InChI=1S/C22H23FN2O3/c1-3-11-28-21-9-5-8-19-18(21)14-20(22(26)24-10-12-27-2)25(19)15-16-6-4-7-17(23)13-16/h3-9,13-14H,1,10-12,15H2,2H3,(H,24,26). The van der Waals surface area contributed by atoms with E-state index in [-0.39, 0.29) is 11.7 Å². The van der Waals surface area contributed by atoms with Crippen LogP contribution in [0.3, 0.4) is 0 Å². The van der Waals surface area contributed by atoms with E-state index in [2.05, 4.69) is 11.9 Å². The van der Waals surface area contributed by atoms with Gasteiger partial charge < -0.3 is 19.4 Å². The van der Waals surface area contributed by atoms with E-state index in [0.717, 1.165) is 16.5 Å². The number of nitrogens with one attached hydrogen (secondary N) is 1. The molecule has 5 nitrogen and oxygen atoms in total. The van der Waals surface area contributed by atoms with Crippen LogP contribution in [0.2, 0.25) is 0 Å². The van der Waals surface area contributed by atoms with E-state index in [1.54, 1.807) is 25.3 Å². The summed E-state index contributed by atoms with van der Waals surface area (Å²) in [6.07, 6.45) is 1.67. The molecule has 1 heterocycles. The van der Waals surface area contributed by atoms with Gasteiger partial charge in [-0.1, -0.05) is 30.9 Å². The van der Waals surface area contributed by atoms with Gasteiger partial charge >= 0.3 is 0 Å². The Kier molecular flexibility index (Phi) is 6.45. The Balaban J connectivity index is 2.04. The van der Waals surface area contributed by atoms with Gasteiger partial charge in [0.05, 0.1) is 12.1 Å². The van der Waals surface area contributed by atoms with Gasteiger partial charge in [0.1, 0.15) is 23.9 Å². The Bertz CT molecular complexity index is 981. The molecule has 2 aromatic carbocycles. The molecule has 0 aliphatic rings. The van der Waals surface area contributed by atoms with Gasteiger partial charge in [-0.05, 0) is 35.9 Å². The van der Waals surface area contributed by atoms with Crippen molar-refractivity contribution in [1.82, 2.24) is 9.88 Å². The van der Waals surface area contributed by atoms with Crippen LogP contribution in [0.4, 0.5) is 4.39 Å². The average Bonchev–Trinajstić information content (AvgIpc) is 3.06. The minimum Gasteiger partial charge on any atom is -0.489 e. The van der Waals surface area contributed by atoms with E-state index in [0.29, 0.717) is 37.7 Å². The van der Waals surface area contributed by atoms with Crippen molar-refractivity contribution in [1.29, 1.82) is 0 Å². The van der Waals surface area contributed by atoms with Crippen LogP contribution in [0.15, 0.2) is 61.2 Å². The topological polar surface area (TPSA) is 52.5 Å². The van der Waals surface area contributed by atoms with Gasteiger partial charge in [0.25, 0.3) is 5.91 Å². The summed E-state index contributed by atoms with van der Waals surface area (Å²) in [6.45, 7) is 5.22. The minimum atomic E-state index is -0.310. The van der Waals surface area contributed by atoms with Crippen LogP contribution < -0.4 is 10.1 Å². The second-order valence-corrected chi connectivity index (χ2v) is 6.28. The second kappa shape index (κ2) is 9.19. The van der Waals surface area contributed by atoms with Crippen molar-refractivity contribution in [2.75, 3.05) is 26.9 Å². The number of hydrogen-bond donors (Lipinski definition) is 1. The molecule has 0 radical (unpaired) electrons. The number of carbonyl (C=O) groups is 1. The maximum absolute atomic E-state index is 13.6. The van der Waals surface area contributed by atoms with Gasteiger partial charge in [0.15, 0.2) is 0 Å². The Labute approximate surface area is 163 Å². The molecular weight excluding hydrogens is 359 g/mol. The van der Waals surface area contributed by atoms with Gasteiger partial charge in [-0.25, -0.2) is 4.39 Å². The molecule has 1 aromatic heterocycles. The summed E-state index contributed by atoms with van der Waals surface area (Å²) in [7, 11) is 1.58. The fourth-order valence-corrected chi connectivity index (χ4v) is 3.07. The zero-order valence-electron chi connectivity index (χ0n) is 15.8. The van der Waals surface area contributed by atoms with Crippen LogP contribution in [-0.2, 0) is 11.3 Å². The lowest BCUT2D eigenvalue weighted by molar-refractivity contribution is 0.0928. The average molecular weight is 382 g/mol. The number of rotatable bonds is 9. The largest absolute Gasteiger partial charge is 0.489 e. The highest BCUT2D eigenvalue weighted by Gasteiger charge is 2.18. The normalized spacial score (nSPS) is 10.8. The molecule has 3 aromatic rings. The molecule has 0 aliphatic carbocycles. The van der Waals surface area contributed by atoms with E-state index in [9.17, 15) is 9.18 Å². The Morgan fingerprint density at radius 2 is 2.07 bits per heavy atom. The highest BCUT2D eigenvalue weighted by Crippen LogP contribution is 2.30. The first-order chi connectivity index (χ1) is 13.6. The van der Waals surface area contributed by atoms with Gasteiger partial charge in [0, 0.05) is 25.6 Å². The lowest BCUT2D eigenvalue weighted by Crippen LogP contribution is -2.29. The molecule has 0 unspecified atom stereocenters. The first kappa shape index (κ1) is 19.6. The Morgan fingerprint density at radius 3 is 2.82 bits per heavy atom. The number of aromatic nitrogens is 1. The number of carbonyl (C=O) groups excluding carboxylic acids is 1. The highest BCUT2D eigenvalue weighted by molar-refractivity contribution is 6.00. The smallest absolute Gasteiger partial charge is 0.268 e. The fourth-order valence-electron chi connectivity index (χ4n) is 3.07. The molecule has 6 heteroatoms. The molecule has 0 bridgehead atoms. The van der Waals surface area contributed by atoms with Crippen molar-refractivity contribution in [2.24, 2.45) is 0 Å². The number of halogens is 1. The summed E-state index contributed by atoms with van der Waals surface area (Å²) >= 11 is 0. The molecular formula is C22H23FN2O3. The summed E-state index contributed by atoms with van der Waals surface area (Å²) < 4.78 is 26.3. The van der Waals surface area contributed by atoms with Crippen molar-refractivity contribution >= 4 is 16.8 Å². The van der Waals surface area contributed by atoms with Crippen molar-refractivity contribution in [2.45, 2.75) is 6.54 Å². The lowest BCUT2D eigenvalue weighted by Gasteiger charge is -2.12. The number of benzene rings is 2. The van der Waals surface area contributed by atoms with Crippen LogP contribution in [0.1, 0.15) is 16.1 Å². The predicted molar refractivity (Wildman–Crippen MR) is 107 cm³/mol. The molecule has 28 heavy (non-hydrogen) atoms. The molecule has 0 aliphatic heterocycles. The Hall–Kier alpha value is -3.12. The van der Waals surface area contributed by atoms with Crippen molar-refractivity contribution in [3.63, 3.8) is 0 Å². The number of hydrogen-bond acceptors (Lipinski definition) is 3. The summed E-state index contributed by atoms with van der Waals surface area (Å²) in [5, 5.41) is 3.66. The van der Waals surface area contributed by atoms with Gasteiger partial charge in [-0.2, -0.15) is 0 Å². The molecule has 146 valence electrons. The number of fused-ring (bicyclic) bond motifs is 1. The van der Waals surface area contributed by atoms with Gasteiger partial charge in [-0.3, -0.25) is 4.79 Å². The van der Waals surface area contributed by atoms with Crippen molar-refractivity contribution < 1.29 is 18.7 Å². The molecule has 1 N–H and O–H groups in total. The van der Waals surface area contributed by atoms with Gasteiger partial charge in [-0.15, -0.1) is 0 Å². The number of ether oxygens (including phenoxy) is 2. The Morgan fingerprint density at radius 1 is 1.25 bits per heavy atom. The summed E-state index contributed by atoms with van der Waals surface area (Å²) in [5.41, 5.74) is 2.08. The van der Waals surface area contributed by atoms with E-state index in [1.165, 1.54) is 12.1 Å². The SMILES string of the molecule is C=CCOc1cccc2c1cc(C(=O)NCCOC)n2Cc1cccc(F)c1. The quantitative estimate of drug-likeness (QED) is 0.453. The molecule has 0 atom stereocenters. The minimum absolute atomic E-state index is 0.223. The lowest BCUT2D eigenvalue weighted by atomic mass is 10.2. The molecule has 1 amide bonds. The van der Waals surface area contributed by atoms with E-state index >= 15 is 0 Å². The molecule has 0 saturated carbocycles. The maximum Gasteiger partial charge on any atom is 0.268 e. The summed E-state index contributed by atoms with van der Waals surface area (Å²) in [6, 6.07) is 13.8. The number of nitrogens with zero attached hydrogens (tertiary/aromatic N) is 1. The van der Waals surface area contributed by atoms with Gasteiger partial charge in [0.2, 0.25) is 0 Å². The number of amides is 1. The first-order valence-corrected chi connectivity index (χ1v) is 9.01. The van der Waals surface area contributed by atoms with E-state index in [4.69, 9.17) is 9.47 Å². The summed E-state index contributed by atoms with van der Waals surface area (Å²) in [5.74, 6) is 0.135. The third-order valence-electron chi connectivity index (χ3n) is 4.32. The van der Waals surface area contributed by atoms with Crippen LogP contribution in [0.5, 0.6) is 5.75 Å². The molecule has 0 saturated heterocycles. The monoisotopic (exact) mass is 382 g/mol. The third-order valence-corrected chi connectivity index (χ3v) is 4.32. The highest BCUT2D eigenvalue weighted by atomic mass is 19.1. The van der Waals surface area contributed by atoms with Crippen LogP contribution >= 0.6 is 0 Å². The van der Waals surface area contributed by atoms with Crippen LogP contribution in [0.25, 0.3) is 10.9 Å². The molecule has 0 spiro atoms. The van der Waals surface area contributed by atoms with Crippen LogP contribution in [0, 0.1) is 5.82 Å². The van der Waals surface area contributed by atoms with Crippen molar-refractivity contribution in [3.8, 4) is 5.75 Å². The molecule has 3 rings (SSSR count). The number of methoxy groups -OCH3 is 1. The van der Waals surface area contributed by atoms with E-state index in [1.807, 2.05) is 28.8 Å². The summed E-state index contributed by atoms with van der Waals surface area (Å²) in [4.78, 5) is 12.8.